The topological polar surface area (TPSA) is 88.5 Å². The fourth-order valence-electron chi connectivity index (χ4n) is 5.80. The number of thioether (sulfide) groups is 1. The van der Waals surface area contributed by atoms with Crippen molar-refractivity contribution in [3.63, 3.8) is 0 Å². The van der Waals surface area contributed by atoms with Crippen LogP contribution in [0.1, 0.15) is 16.4 Å². The molecule has 1 saturated heterocycles. The van der Waals surface area contributed by atoms with Crippen molar-refractivity contribution >= 4 is 86.2 Å². The SMILES string of the molecule is O=C(Cn1c2c(sc1=O)[C@@H](c1ccc(Cl)cc1)[C@@H]1C(=O)N(c3ccc(Cl)cc3)C(=O)[C@@H]1S2)Nc1cccc2ccccc12. The van der Waals surface area contributed by atoms with Crippen LogP contribution in [0.25, 0.3) is 10.8 Å². The number of nitrogens with zero attached hydrogens (tertiary/aromatic N) is 2. The fraction of sp³-hybridized carbons (Fsp3) is 0.125. The molecular weight excluding hydrogens is 625 g/mol. The van der Waals surface area contributed by atoms with E-state index < -0.39 is 17.1 Å². The summed E-state index contributed by atoms with van der Waals surface area (Å²) in [4.78, 5) is 56.1. The number of carbonyl (C=O) groups excluding carboxylic acids is 3. The highest BCUT2D eigenvalue weighted by Crippen LogP contribution is 2.54. The Morgan fingerprint density at radius 2 is 1.49 bits per heavy atom. The first-order valence-electron chi connectivity index (χ1n) is 13.4. The number of hydrogen-bond acceptors (Lipinski definition) is 6. The summed E-state index contributed by atoms with van der Waals surface area (Å²) in [6.07, 6.45) is 0. The minimum Gasteiger partial charge on any atom is -0.324 e. The summed E-state index contributed by atoms with van der Waals surface area (Å²) in [6.45, 7) is -0.241. The Kier molecular flexibility index (Phi) is 7.13. The van der Waals surface area contributed by atoms with Gasteiger partial charge in [0.25, 0.3) is 0 Å². The number of hydrogen-bond donors (Lipinski definition) is 1. The van der Waals surface area contributed by atoms with Crippen molar-refractivity contribution in [3.8, 4) is 0 Å². The molecule has 7 rings (SSSR count). The van der Waals surface area contributed by atoms with Crippen molar-refractivity contribution in [3.05, 3.63) is 121 Å². The molecule has 0 saturated carbocycles. The van der Waals surface area contributed by atoms with Crippen LogP contribution in [-0.4, -0.2) is 27.5 Å². The first-order valence-corrected chi connectivity index (χ1v) is 15.8. The van der Waals surface area contributed by atoms with Crippen LogP contribution in [0.3, 0.4) is 0 Å². The third kappa shape index (κ3) is 4.86. The van der Waals surface area contributed by atoms with Crippen molar-refractivity contribution in [1.29, 1.82) is 0 Å². The zero-order chi connectivity index (χ0) is 29.8. The number of imide groups is 1. The summed E-state index contributed by atoms with van der Waals surface area (Å²) in [5.41, 5.74) is 1.83. The Morgan fingerprint density at radius 3 is 2.23 bits per heavy atom. The van der Waals surface area contributed by atoms with Crippen molar-refractivity contribution in [2.75, 3.05) is 10.2 Å². The molecule has 11 heteroatoms. The van der Waals surface area contributed by atoms with E-state index in [0.717, 1.165) is 27.7 Å². The van der Waals surface area contributed by atoms with E-state index in [2.05, 4.69) is 5.32 Å². The van der Waals surface area contributed by atoms with Gasteiger partial charge in [0.1, 0.15) is 11.8 Å². The molecule has 0 radical (unpaired) electrons. The molecule has 3 heterocycles. The van der Waals surface area contributed by atoms with Gasteiger partial charge >= 0.3 is 4.87 Å². The average Bonchev–Trinajstić information content (AvgIpc) is 3.44. The lowest BCUT2D eigenvalue weighted by Crippen LogP contribution is -2.33. The number of nitrogens with one attached hydrogen (secondary N) is 1. The molecule has 0 unspecified atom stereocenters. The van der Waals surface area contributed by atoms with Gasteiger partial charge in [0.15, 0.2) is 0 Å². The van der Waals surface area contributed by atoms with Crippen LogP contribution in [0.15, 0.2) is 101 Å². The Morgan fingerprint density at radius 1 is 0.814 bits per heavy atom. The third-order valence-corrected chi connectivity index (χ3v) is 10.8. The van der Waals surface area contributed by atoms with Gasteiger partial charge in [-0.25, -0.2) is 4.90 Å². The third-order valence-electron chi connectivity index (χ3n) is 7.73. The molecule has 3 atom stereocenters. The van der Waals surface area contributed by atoms with Gasteiger partial charge in [-0.3, -0.25) is 23.7 Å². The Balaban J connectivity index is 1.28. The highest BCUT2D eigenvalue weighted by molar-refractivity contribution is 8.00. The maximum Gasteiger partial charge on any atom is 0.308 e. The maximum atomic E-state index is 14.0. The van der Waals surface area contributed by atoms with Gasteiger partial charge in [0.2, 0.25) is 17.7 Å². The normalized spacial score (nSPS) is 19.4. The molecule has 3 amide bonds. The molecular formula is C32H21Cl2N3O4S2. The predicted molar refractivity (Wildman–Crippen MR) is 172 cm³/mol. The molecule has 1 N–H and O–H groups in total. The van der Waals surface area contributed by atoms with Crippen molar-refractivity contribution in [2.24, 2.45) is 5.92 Å². The largest absolute Gasteiger partial charge is 0.324 e. The molecule has 1 fully saturated rings. The summed E-state index contributed by atoms with van der Waals surface area (Å²) in [5.74, 6) is -2.43. The Labute approximate surface area is 264 Å². The molecule has 0 spiro atoms. The van der Waals surface area contributed by atoms with Crippen LogP contribution in [0, 0.1) is 5.92 Å². The van der Waals surface area contributed by atoms with Gasteiger partial charge in [-0.1, -0.05) is 94.8 Å². The van der Waals surface area contributed by atoms with Gasteiger partial charge < -0.3 is 5.32 Å². The molecule has 0 bridgehead atoms. The first kappa shape index (κ1) is 27.9. The van der Waals surface area contributed by atoms with Crippen LogP contribution < -0.4 is 15.1 Å². The van der Waals surface area contributed by atoms with Gasteiger partial charge in [0, 0.05) is 31.9 Å². The highest BCUT2D eigenvalue weighted by Gasteiger charge is 2.56. The number of anilines is 2. The van der Waals surface area contributed by atoms with E-state index in [0.29, 0.717) is 31.3 Å². The number of carbonyl (C=O) groups is 3. The minimum absolute atomic E-state index is 0.241. The molecule has 214 valence electrons. The van der Waals surface area contributed by atoms with Crippen LogP contribution in [-0.2, 0) is 20.9 Å². The first-order chi connectivity index (χ1) is 20.8. The quantitative estimate of drug-likeness (QED) is 0.212. The summed E-state index contributed by atoms with van der Waals surface area (Å²) in [7, 11) is 0. The summed E-state index contributed by atoms with van der Waals surface area (Å²) in [6, 6.07) is 27.0. The number of fused-ring (bicyclic) bond motifs is 3. The van der Waals surface area contributed by atoms with E-state index in [1.54, 1.807) is 36.4 Å². The highest BCUT2D eigenvalue weighted by atomic mass is 35.5. The van der Waals surface area contributed by atoms with Gasteiger partial charge in [0.05, 0.1) is 16.6 Å². The van der Waals surface area contributed by atoms with Gasteiger partial charge in [-0.2, -0.15) is 0 Å². The summed E-state index contributed by atoms with van der Waals surface area (Å²) in [5, 5.41) is 5.54. The van der Waals surface area contributed by atoms with E-state index >= 15 is 0 Å². The smallest absolute Gasteiger partial charge is 0.308 e. The zero-order valence-corrected chi connectivity index (χ0v) is 25.3. The van der Waals surface area contributed by atoms with Gasteiger partial charge in [-0.15, -0.1) is 0 Å². The number of amides is 3. The second kappa shape index (κ2) is 11.0. The van der Waals surface area contributed by atoms with Gasteiger partial charge in [-0.05, 0) is 53.4 Å². The van der Waals surface area contributed by atoms with Crippen LogP contribution in [0.4, 0.5) is 11.4 Å². The number of benzene rings is 4. The Bertz CT molecular complexity index is 1980. The number of halogens is 2. The van der Waals surface area contributed by atoms with Crippen LogP contribution >= 0.6 is 46.3 Å². The zero-order valence-electron chi connectivity index (χ0n) is 22.2. The molecule has 2 aliphatic heterocycles. The number of aromatic nitrogens is 1. The maximum absolute atomic E-state index is 14.0. The standard InChI is InChI=1S/C32H21Cl2N3O4S2/c33-19-10-8-18(9-11-19)25-26-27(30(40)37(29(26)39)21-14-12-20(34)13-15-21)42-31-28(25)43-32(41)36(31)16-24(38)35-23-7-3-5-17-4-1-2-6-22(17)23/h1-15,25-27H,16H2,(H,35,38)/t25-,26-,27+/m0/s1. The number of rotatable bonds is 5. The summed E-state index contributed by atoms with van der Waals surface area (Å²) < 4.78 is 1.41. The molecule has 4 aromatic carbocycles. The van der Waals surface area contributed by atoms with Crippen molar-refractivity contribution < 1.29 is 14.4 Å². The van der Waals surface area contributed by atoms with Crippen molar-refractivity contribution in [2.45, 2.75) is 22.7 Å². The van der Waals surface area contributed by atoms with E-state index in [1.165, 1.54) is 21.2 Å². The lowest BCUT2D eigenvalue weighted by molar-refractivity contribution is -0.122. The number of thiazole rings is 1. The monoisotopic (exact) mass is 645 g/mol. The molecule has 2 aliphatic rings. The van der Waals surface area contributed by atoms with E-state index in [4.69, 9.17) is 23.2 Å². The second-order valence-electron chi connectivity index (χ2n) is 10.3. The summed E-state index contributed by atoms with van der Waals surface area (Å²) >= 11 is 14.4. The predicted octanol–water partition coefficient (Wildman–Crippen LogP) is 6.80. The molecule has 7 nitrogen and oxygen atoms in total. The second-order valence-corrected chi connectivity index (χ2v) is 13.3. The van der Waals surface area contributed by atoms with Crippen LogP contribution in [0.2, 0.25) is 10.0 Å². The lowest BCUT2D eigenvalue weighted by atomic mass is 9.83. The van der Waals surface area contributed by atoms with Crippen LogP contribution in [0.5, 0.6) is 0 Å². The van der Waals surface area contributed by atoms with Crippen molar-refractivity contribution in [1.82, 2.24) is 4.57 Å². The fourth-order valence-corrected chi connectivity index (χ4v) is 8.82. The lowest BCUT2D eigenvalue weighted by Gasteiger charge is -2.30. The molecule has 1 aromatic heterocycles. The Hall–Kier alpha value is -3.89. The molecule has 5 aromatic rings. The average molecular weight is 647 g/mol. The minimum atomic E-state index is -0.794. The van der Waals surface area contributed by atoms with E-state index in [-0.39, 0.29) is 29.1 Å². The van der Waals surface area contributed by atoms with E-state index in [1.807, 2.05) is 54.6 Å². The molecule has 43 heavy (non-hydrogen) atoms. The van der Waals surface area contributed by atoms with E-state index in [9.17, 15) is 19.2 Å². The molecule has 0 aliphatic carbocycles.